The van der Waals surface area contributed by atoms with Crippen LogP contribution in [0.1, 0.15) is 189 Å². The molecule has 3 fully saturated rings. The van der Waals surface area contributed by atoms with Crippen molar-refractivity contribution in [3.8, 4) is 59.7 Å². The summed E-state index contributed by atoms with van der Waals surface area (Å²) >= 11 is 0. The van der Waals surface area contributed by atoms with E-state index in [1.165, 1.54) is 88.2 Å². The van der Waals surface area contributed by atoms with Crippen LogP contribution in [0.2, 0.25) is 0 Å². The van der Waals surface area contributed by atoms with E-state index in [9.17, 15) is 0 Å². The lowest BCUT2D eigenvalue weighted by Gasteiger charge is -2.58. The van der Waals surface area contributed by atoms with Gasteiger partial charge < -0.3 is 0 Å². The molecule has 0 aliphatic heterocycles. The van der Waals surface area contributed by atoms with E-state index >= 15 is 0 Å². The Hall–Kier alpha value is -3.76. The Balaban J connectivity index is -0.000000710. The summed E-state index contributed by atoms with van der Waals surface area (Å²) in [5, 5.41) is 0. The van der Waals surface area contributed by atoms with Gasteiger partial charge in [-0.25, -0.2) is 0 Å². The summed E-state index contributed by atoms with van der Waals surface area (Å²) < 4.78 is 0. The van der Waals surface area contributed by atoms with Crippen LogP contribution in [-0.2, 0) is 6.42 Å². The first-order valence-corrected chi connectivity index (χ1v) is 23.3. The highest BCUT2D eigenvalue weighted by Crippen LogP contribution is 2.61. The zero-order valence-corrected chi connectivity index (χ0v) is 40.8. The minimum Gasteiger partial charge on any atom is -0.106 e. The van der Waals surface area contributed by atoms with E-state index < -0.39 is 0 Å². The average Bonchev–Trinajstić information content (AvgIpc) is 3.19. The summed E-state index contributed by atoms with van der Waals surface area (Å²) in [6.45, 7) is 35.8. The van der Waals surface area contributed by atoms with Gasteiger partial charge >= 0.3 is 0 Å². The third-order valence-electron chi connectivity index (χ3n) is 14.9. The number of hydrogen-bond donors (Lipinski definition) is 0. The van der Waals surface area contributed by atoms with Crippen LogP contribution in [0.4, 0.5) is 0 Å². The van der Waals surface area contributed by atoms with Crippen LogP contribution >= 0.6 is 0 Å². The lowest BCUT2D eigenvalue weighted by molar-refractivity contribution is -0.0868. The lowest BCUT2D eigenvalue weighted by Crippen LogP contribution is -2.50. The van der Waals surface area contributed by atoms with Crippen molar-refractivity contribution in [2.75, 3.05) is 0 Å². The lowest BCUT2D eigenvalue weighted by atomic mass is 9.47. The maximum absolute atomic E-state index is 4.84. The van der Waals surface area contributed by atoms with Gasteiger partial charge in [-0.2, -0.15) is 0 Å². The molecule has 0 radical (unpaired) electrons. The normalized spacial score (nSPS) is 25.1. The first-order valence-electron chi connectivity index (χ1n) is 23.3. The van der Waals surface area contributed by atoms with Gasteiger partial charge in [0, 0.05) is 2.85 Å². The van der Waals surface area contributed by atoms with Gasteiger partial charge in [-0.15, -0.1) is 6.42 Å². The van der Waals surface area contributed by atoms with E-state index in [-0.39, 0.29) is 10.3 Å². The molecular formula is C60H94. The van der Waals surface area contributed by atoms with E-state index in [0.717, 1.165) is 35.5 Å². The summed E-state index contributed by atoms with van der Waals surface area (Å²) in [6.07, 6.45) is 21.6. The fraction of sp³-hybridized carbons (Fsp3) is 0.633. The first kappa shape index (κ1) is 56.2. The Bertz CT molecular complexity index is 1760. The number of benzene rings is 2. The summed E-state index contributed by atoms with van der Waals surface area (Å²) in [7, 11) is 0. The maximum atomic E-state index is 4.84. The van der Waals surface area contributed by atoms with Gasteiger partial charge in [0.15, 0.2) is 0 Å². The molecule has 7 unspecified atom stereocenters. The Morgan fingerprint density at radius 1 is 0.683 bits per heavy atom. The maximum Gasteiger partial charge on any atom is 0 e. The van der Waals surface area contributed by atoms with Crippen molar-refractivity contribution in [3.05, 3.63) is 71.8 Å². The monoisotopic (exact) mass is 815 g/mol. The van der Waals surface area contributed by atoms with E-state index in [4.69, 9.17) is 6.42 Å². The molecule has 334 valence electrons. The molecule has 0 heterocycles. The number of fused-ring (bicyclic) bond motifs is 1. The molecule has 0 amide bonds. The molecule has 3 aliphatic rings. The highest BCUT2D eigenvalue weighted by atomic mass is 14.6. The molecule has 60 heavy (non-hydrogen) atoms. The second kappa shape index (κ2) is 28.7. The van der Waals surface area contributed by atoms with Crippen LogP contribution in [0.15, 0.2) is 60.7 Å². The van der Waals surface area contributed by atoms with Crippen molar-refractivity contribution in [2.45, 2.75) is 188 Å². The smallest absolute Gasteiger partial charge is 0 e. The third kappa shape index (κ3) is 18.9. The van der Waals surface area contributed by atoms with Crippen molar-refractivity contribution < 1.29 is 2.85 Å². The van der Waals surface area contributed by atoms with Crippen LogP contribution in [0.3, 0.4) is 0 Å². The van der Waals surface area contributed by atoms with Gasteiger partial charge in [0.25, 0.3) is 0 Å². The zero-order chi connectivity index (χ0) is 44.5. The molecule has 0 N–H and O–H groups in total. The summed E-state index contributed by atoms with van der Waals surface area (Å²) in [6, 6.07) is 20.9. The van der Waals surface area contributed by atoms with E-state index in [1.807, 2.05) is 18.2 Å². The summed E-state index contributed by atoms with van der Waals surface area (Å²) in [4.78, 5) is 0. The van der Waals surface area contributed by atoms with Gasteiger partial charge in [0.2, 0.25) is 0 Å². The molecule has 2 aromatic carbocycles. The number of terminal acetylenes is 1. The topological polar surface area (TPSA) is 0 Å². The standard InChI is InChI=1S/C16H32.C15H28.C11H4.C10H14.C7H8.CH4.2H2/c1-8-11-15(4,5)14-10-9-12(2)13(3)16(14,6)7;1-11-7-8-13-14(3,4)9-6-10-15(13,5)12(11)2;1-3-5-7-9-11-10-8-6-4-2;1-2-3-7-10-8-5-4-6-9-10;1-7-5-3-2-4-6-7;;;/h12-14H,8-11H2,1-7H3;11-13H,6-10H2,1-5H3;1H,2H3;4-6,8-9H,2-3,7H2,1H3;2-6H,1H3;1H4;2*1H. The molecular weight excluding hydrogens is 721 g/mol. The third-order valence-corrected chi connectivity index (χ3v) is 14.9. The van der Waals surface area contributed by atoms with Crippen LogP contribution in [-0.4, -0.2) is 0 Å². The first-order chi connectivity index (χ1) is 27.8. The van der Waals surface area contributed by atoms with Gasteiger partial charge in [-0.3, -0.25) is 0 Å². The average molecular weight is 815 g/mol. The minimum absolute atomic E-state index is 0. The second-order valence-corrected chi connectivity index (χ2v) is 20.2. The Morgan fingerprint density at radius 3 is 1.70 bits per heavy atom. The van der Waals surface area contributed by atoms with Gasteiger partial charge in [-0.05, 0) is 169 Å². The van der Waals surface area contributed by atoms with Crippen molar-refractivity contribution in [3.63, 3.8) is 0 Å². The van der Waals surface area contributed by atoms with Crippen LogP contribution in [0.5, 0.6) is 0 Å². The largest absolute Gasteiger partial charge is 0.106 e. The summed E-state index contributed by atoms with van der Waals surface area (Å²) in [5.41, 5.74) is 5.05. The SMILES string of the molecule is C.C#CC#CC#CC#CC#CC.CC1CCC2C(C)(C)CCCC2(C)C1C.CCCC(C)(C)C1CCC(C)C(C)C1(C)C.CCCCc1ccccc1.Cc1ccccc1.[HH].[HH]. The zero-order valence-electron chi connectivity index (χ0n) is 40.8. The Labute approximate surface area is 378 Å². The quantitative estimate of drug-likeness (QED) is 0.255. The predicted molar refractivity (Wildman–Crippen MR) is 273 cm³/mol. The predicted octanol–water partition coefficient (Wildman–Crippen LogP) is 17.2. The molecule has 3 aliphatic carbocycles. The molecule has 5 rings (SSSR count). The van der Waals surface area contributed by atoms with Crippen LogP contribution < -0.4 is 0 Å². The molecule has 7 atom stereocenters. The second-order valence-electron chi connectivity index (χ2n) is 20.2. The van der Waals surface area contributed by atoms with Gasteiger partial charge in [-0.1, -0.05) is 202 Å². The van der Waals surface area contributed by atoms with Crippen LogP contribution in [0.25, 0.3) is 0 Å². The minimum atomic E-state index is 0. The number of hydrogen-bond acceptors (Lipinski definition) is 0. The van der Waals surface area contributed by atoms with Crippen molar-refractivity contribution in [2.24, 2.45) is 57.2 Å². The molecule has 0 bridgehead atoms. The Kier molecular flexibility index (Phi) is 26.9. The molecule has 0 spiro atoms. The molecule has 0 nitrogen and oxygen atoms in total. The van der Waals surface area contributed by atoms with E-state index in [2.05, 4.69) is 193 Å². The molecule has 0 aromatic heterocycles. The highest BCUT2D eigenvalue weighted by molar-refractivity contribution is 5.41. The summed E-state index contributed by atoms with van der Waals surface area (Å²) in [5.74, 6) is 27.5. The molecule has 0 saturated heterocycles. The molecule has 2 aromatic rings. The van der Waals surface area contributed by atoms with Crippen molar-refractivity contribution in [1.29, 1.82) is 0 Å². The highest BCUT2D eigenvalue weighted by Gasteiger charge is 2.52. The van der Waals surface area contributed by atoms with E-state index in [1.54, 1.807) is 6.92 Å². The van der Waals surface area contributed by atoms with Gasteiger partial charge in [0.05, 0.1) is 0 Å². The molecule has 3 saturated carbocycles. The number of unbranched alkanes of at least 4 members (excludes halogenated alkanes) is 1. The van der Waals surface area contributed by atoms with Crippen LogP contribution in [0, 0.1) is 124 Å². The van der Waals surface area contributed by atoms with Gasteiger partial charge in [0.1, 0.15) is 0 Å². The number of aryl methyl sites for hydroxylation is 2. The fourth-order valence-corrected chi connectivity index (χ4v) is 10.9. The fourth-order valence-electron chi connectivity index (χ4n) is 10.9. The number of rotatable bonds is 6. The van der Waals surface area contributed by atoms with Crippen molar-refractivity contribution in [1.82, 2.24) is 0 Å². The van der Waals surface area contributed by atoms with E-state index in [0.29, 0.717) is 21.7 Å². The Morgan fingerprint density at radius 2 is 1.20 bits per heavy atom. The van der Waals surface area contributed by atoms with Crippen molar-refractivity contribution >= 4 is 0 Å². The molecule has 0 heteroatoms.